The van der Waals surface area contributed by atoms with E-state index in [2.05, 4.69) is 12.1 Å². The van der Waals surface area contributed by atoms with E-state index in [1.54, 1.807) is 12.1 Å². The Bertz CT molecular complexity index is 1880. The molecule has 0 bridgehead atoms. The van der Waals surface area contributed by atoms with E-state index >= 15 is 0 Å². The minimum atomic E-state index is -1.34. The van der Waals surface area contributed by atoms with Crippen LogP contribution in [0.3, 0.4) is 0 Å². The number of benzene rings is 6. The Labute approximate surface area is 244 Å². The monoisotopic (exact) mass is 556 g/mol. The number of hydrogen-bond donors (Lipinski definition) is 2. The first-order chi connectivity index (χ1) is 20.2. The molecule has 2 N–H and O–H groups in total. The zero-order valence-electron chi connectivity index (χ0n) is 24.0. The maximum absolute atomic E-state index is 14.2. The highest BCUT2D eigenvalue weighted by atomic mass is 16.3. The van der Waals surface area contributed by atoms with Crippen molar-refractivity contribution in [2.24, 2.45) is 0 Å². The fourth-order valence-electron chi connectivity index (χ4n) is 6.97. The first kappa shape index (κ1) is 26.4. The number of rotatable bonds is 4. The molecule has 6 aromatic carbocycles. The van der Waals surface area contributed by atoms with Crippen LogP contribution in [0.1, 0.15) is 23.0 Å². The molecular weight excluding hydrogens is 524 g/mol. The summed E-state index contributed by atoms with van der Waals surface area (Å²) >= 11 is 0. The zero-order chi connectivity index (χ0) is 29.4. The summed E-state index contributed by atoms with van der Waals surface area (Å²) in [4.78, 5) is 3.85. The van der Waals surface area contributed by atoms with Crippen molar-refractivity contribution in [2.45, 2.75) is 24.0 Å². The fourth-order valence-corrected chi connectivity index (χ4v) is 6.97. The van der Waals surface area contributed by atoms with E-state index in [9.17, 15) is 20.4 Å². The van der Waals surface area contributed by atoms with Gasteiger partial charge in [-0.25, -0.2) is 0 Å². The van der Waals surface area contributed by atoms with Gasteiger partial charge in [-0.2, -0.15) is 0 Å². The highest BCUT2D eigenvalue weighted by Gasteiger charge is 2.42. The Morgan fingerprint density at radius 1 is 0.500 bits per heavy atom. The molecule has 0 spiro atoms. The Morgan fingerprint density at radius 2 is 0.810 bits per heavy atom. The average molecular weight is 557 g/mol. The van der Waals surface area contributed by atoms with Crippen molar-refractivity contribution >= 4 is 54.5 Å². The molecule has 0 aliphatic heterocycles. The van der Waals surface area contributed by atoms with Crippen molar-refractivity contribution in [3.63, 3.8) is 0 Å². The maximum atomic E-state index is 14.2. The highest BCUT2D eigenvalue weighted by Crippen LogP contribution is 2.55. The molecule has 42 heavy (non-hydrogen) atoms. The van der Waals surface area contributed by atoms with Crippen LogP contribution >= 0.6 is 0 Å². The van der Waals surface area contributed by atoms with Crippen molar-refractivity contribution in [3.05, 3.63) is 96.1 Å². The summed E-state index contributed by atoms with van der Waals surface area (Å²) in [7, 11) is 7.63. The SMILES string of the molecule is CN(C)c1cc(O)c(C2C([O-])C(c3c(O)cc(N(C)C)c4cc5ccccc5cc34)C2[O-])c2cc3ccccc3cc12. The standard InChI is InChI=1S/C36H32N2O4/c1-37(2)27-17-29(39)31(25-15-21-11-7-5-9-19(21)13-23(25)27)33-35(41)34(36(33)42)32-26-16-22-12-8-6-10-20(22)14-24(26)28(38(3)4)18-30(32)40/h5-18,33-36,39-40H,1-4H3/q-2. The van der Waals surface area contributed by atoms with Crippen LogP contribution in [-0.4, -0.2) is 50.6 Å². The van der Waals surface area contributed by atoms with E-state index in [-0.39, 0.29) is 11.5 Å². The first-order valence-electron chi connectivity index (χ1n) is 14.2. The molecule has 0 saturated heterocycles. The van der Waals surface area contributed by atoms with Crippen molar-refractivity contribution in [3.8, 4) is 11.5 Å². The van der Waals surface area contributed by atoms with Crippen LogP contribution in [0.4, 0.5) is 11.4 Å². The van der Waals surface area contributed by atoms with Crippen LogP contribution < -0.4 is 20.0 Å². The predicted molar refractivity (Wildman–Crippen MR) is 168 cm³/mol. The molecule has 212 valence electrons. The molecule has 7 rings (SSSR count). The molecule has 0 aromatic heterocycles. The summed E-state index contributed by atoms with van der Waals surface area (Å²) < 4.78 is 0. The van der Waals surface area contributed by atoms with E-state index < -0.39 is 24.0 Å². The van der Waals surface area contributed by atoms with Crippen LogP contribution in [0.25, 0.3) is 43.1 Å². The Morgan fingerprint density at radius 3 is 1.12 bits per heavy atom. The molecule has 0 heterocycles. The quantitative estimate of drug-likeness (QED) is 0.291. The molecule has 6 nitrogen and oxygen atoms in total. The maximum Gasteiger partial charge on any atom is 0.121 e. The summed E-state index contributed by atoms with van der Waals surface area (Å²) in [5.41, 5.74) is 2.42. The van der Waals surface area contributed by atoms with Crippen LogP contribution in [0.2, 0.25) is 0 Å². The number of phenols is 2. The van der Waals surface area contributed by atoms with E-state index in [0.29, 0.717) is 21.9 Å². The number of nitrogens with zero attached hydrogens (tertiary/aromatic N) is 2. The second-order valence-electron chi connectivity index (χ2n) is 11.9. The zero-order valence-corrected chi connectivity index (χ0v) is 24.0. The molecule has 1 saturated carbocycles. The summed E-state index contributed by atoms with van der Waals surface area (Å²) in [6.45, 7) is 0. The number of hydrogen-bond acceptors (Lipinski definition) is 6. The topological polar surface area (TPSA) is 93.1 Å². The third kappa shape index (κ3) is 3.79. The lowest BCUT2D eigenvalue weighted by atomic mass is 9.61. The van der Waals surface area contributed by atoms with Gasteiger partial charge in [-0.05, 0) is 68.4 Å². The molecule has 0 unspecified atom stereocenters. The lowest BCUT2D eigenvalue weighted by Gasteiger charge is -2.62. The van der Waals surface area contributed by atoms with Gasteiger partial charge in [0.2, 0.25) is 0 Å². The fraction of sp³-hybridized carbons (Fsp3) is 0.222. The summed E-state index contributed by atoms with van der Waals surface area (Å²) in [6, 6.07) is 27.3. The lowest BCUT2D eigenvalue weighted by Crippen LogP contribution is -2.63. The van der Waals surface area contributed by atoms with Crippen LogP contribution in [-0.2, 0) is 0 Å². The summed E-state index contributed by atoms with van der Waals surface area (Å²) in [5.74, 6) is -2.01. The van der Waals surface area contributed by atoms with Crippen molar-refractivity contribution in [1.82, 2.24) is 0 Å². The van der Waals surface area contributed by atoms with E-state index in [1.807, 2.05) is 98.7 Å². The minimum absolute atomic E-state index is 0.0466. The third-order valence-electron chi connectivity index (χ3n) is 9.05. The van der Waals surface area contributed by atoms with Crippen molar-refractivity contribution < 1.29 is 20.4 Å². The van der Waals surface area contributed by atoms with Crippen molar-refractivity contribution in [2.75, 3.05) is 38.0 Å². The second-order valence-corrected chi connectivity index (χ2v) is 11.9. The molecule has 0 radical (unpaired) electrons. The molecular formula is C36H32N2O4-2. The molecule has 1 aliphatic rings. The van der Waals surface area contributed by atoms with Gasteiger partial charge in [0.15, 0.2) is 0 Å². The Hall–Kier alpha value is -4.52. The average Bonchev–Trinajstić information content (AvgIpc) is 2.97. The third-order valence-corrected chi connectivity index (χ3v) is 9.05. The van der Waals surface area contributed by atoms with Gasteiger partial charge in [-0.1, -0.05) is 48.5 Å². The van der Waals surface area contributed by atoms with Gasteiger partial charge in [-0.15, -0.1) is 12.2 Å². The van der Waals surface area contributed by atoms with Gasteiger partial charge >= 0.3 is 0 Å². The number of aromatic hydroxyl groups is 2. The second kappa shape index (κ2) is 9.51. The van der Waals surface area contributed by atoms with Crippen LogP contribution in [0.15, 0.2) is 84.9 Å². The van der Waals surface area contributed by atoms with E-state index in [0.717, 1.165) is 43.7 Å². The van der Waals surface area contributed by atoms with Crippen LogP contribution in [0, 0.1) is 0 Å². The number of anilines is 2. The first-order valence-corrected chi connectivity index (χ1v) is 14.2. The summed E-state index contributed by atoms with van der Waals surface area (Å²) in [6.07, 6.45) is -2.69. The minimum Gasteiger partial charge on any atom is -0.851 e. The van der Waals surface area contributed by atoms with Gasteiger partial charge in [0.25, 0.3) is 0 Å². The van der Waals surface area contributed by atoms with E-state index in [1.165, 1.54) is 0 Å². The Balaban J connectivity index is 1.42. The van der Waals surface area contributed by atoms with Gasteiger partial charge in [0, 0.05) is 73.6 Å². The van der Waals surface area contributed by atoms with Gasteiger partial charge in [0.05, 0.1) is 0 Å². The summed E-state index contributed by atoms with van der Waals surface area (Å²) in [5, 5.41) is 58.2. The van der Waals surface area contributed by atoms with Crippen molar-refractivity contribution in [1.29, 1.82) is 0 Å². The number of fused-ring (bicyclic) bond motifs is 4. The molecule has 0 atom stereocenters. The van der Waals surface area contributed by atoms with Gasteiger partial charge < -0.3 is 30.2 Å². The van der Waals surface area contributed by atoms with E-state index in [4.69, 9.17) is 0 Å². The molecule has 0 amide bonds. The molecule has 6 aromatic rings. The molecule has 6 heteroatoms. The van der Waals surface area contributed by atoms with Gasteiger partial charge in [0.1, 0.15) is 11.5 Å². The molecule has 1 fully saturated rings. The van der Waals surface area contributed by atoms with Crippen LogP contribution in [0.5, 0.6) is 11.5 Å². The lowest BCUT2D eigenvalue weighted by molar-refractivity contribution is -0.535. The smallest absolute Gasteiger partial charge is 0.121 e. The largest absolute Gasteiger partial charge is 0.851 e. The molecule has 1 aliphatic carbocycles. The normalized spacial score (nSPS) is 20.3. The highest BCUT2D eigenvalue weighted by molar-refractivity contribution is 6.08. The number of phenolic OH excluding ortho intramolecular Hbond substituents is 2. The predicted octanol–water partition coefficient (Wildman–Crippen LogP) is 5.18. The van der Waals surface area contributed by atoms with Gasteiger partial charge in [-0.3, -0.25) is 0 Å². The Kier molecular flexibility index (Phi) is 5.98.